The van der Waals surface area contributed by atoms with Gasteiger partial charge in [0, 0.05) is 0 Å². The van der Waals surface area contributed by atoms with E-state index in [1.54, 1.807) is 24.3 Å². The minimum absolute atomic E-state index is 0.154. The Hall–Kier alpha value is -3.22. The first kappa shape index (κ1) is 15.7. The minimum Gasteiger partial charge on any atom is -0.348 e. The van der Waals surface area contributed by atoms with E-state index in [4.69, 9.17) is 0 Å². The molecule has 3 rings (SSSR count). The summed E-state index contributed by atoms with van der Waals surface area (Å²) >= 11 is 0. The Morgan fingerprint density at radius 1 is 1.04 bits per heavy atom. The molecule has 1 amide bonds. The number of carbonyl (C=O) groups is 1. The van der Waals surface area contributed by atoms with Gasteiger partial charge >= 0.3 is 5.69 Å². The smallest absolute Gasteiger partial charge is 0.348 e. The van der Waals surface area contributed by atoms with Crippen LogP contribution in [-0.4, -0.2) is 25.7 Å². The molecule has 0 aliphatic heterocycles. The number of hydrogen-bond donors (Lipinski definition) is 1. The van der Waals surface area contributed by atoms with Gasteiger partial charge in [-0.25, -0.2) is 4.79 Å². The third-order valence-corrected chi connectivity index (χ3v) is 3.61. The zero-order valence-electron chi connectivity index (χ0n) is 13.2. The van der Waals surface area contributed by atoms with Crippen LogP contribution in [0.25, 0.3) is 5.69 Å². The van der Waals surface area contributed by atoms with Crippen LogP contribution in [0.1, 0.15) is 18.5 Å². The van der Waals surface area contributed by atoms with E-state index in [1.807, 2.05) is 43.3 Å². The zero-order chi connectivity index (χ0) is 16.9. The number of aromatic nitrogens is 4. The lowest BCUT2D eigenvalue weighted by atomic mass is 10.1. The van der Waals surface area contributed by atoms with Gasteiger partial charge in [-0.2, -0.15) is 9.36 Å². The number of benzene rings is 2. The lowest BCUT2D eigenvalue weighted by Crippen LogP contribution is -2.34. The van der Waals surface area contributed by atoms with E-state index in [1.165, 1.54) is 0 Å². The van der Waals surface area contributed by atoms with Crippen molar-refractivity contribution in [3.8, 4) is 5.69 Å². The number of tetrazole rings is 1. The van der Waals surface area contributed by atoms with E-state index in [9.17, 15) is 9.59 Å². The quantitative estimate of drug-likeness (QED) is 0.767. The molecular weight excluding hydrogens is 306 g/mol. The van der Waals surface area contributed by atoms with E-state index in [-0.39, 0.29) is 18.5 Å². The van der Waals surface area contributed by atoms with Crippen molar-refractivity contribution in [1.29, 1.82) is 0 Å². The molecule has 0 saturated heterocycles. The maximum absolute atomic E-state index is 12.3. The normalized spacial score (nSPS) is 11.9. The van der Waals surface area contributed by atoms with Gasteiger partial charge in [0.15, 0.2) is 0 Å². The standard InChI is InChI=1S/C17H17N5O2/c1-13(14-8-4-2-5-9-14)18-16(23)12-21-17(24)22(20-19-21)15-10-6-3-7-11-15/h2-11,13H,12H2,1H3,(H,18,23). The van der Waals surface area contributed by atoms with Crippen LogP contribution in [0, 0.1) is 0 Å². The van der Waals surface area contributed by atoms with Gasteiger partial charge in [-0.05, 0) is 35.0 Å². The van der Waals surface area contributed by atoms with Crippen molar-refractivity contribution in [2.24, 2.45) is 0 Å². The molecule has 3 aromatic rings. The van der Waals surface area contributed by atoms with Crippen LogP contribution in [0.15, 0.2) is 65.5 Å². The van der Waals surface area contributed by atoms with Crippen LogP contribution in [0.5, 0.6) is 0 Å². The van der Waals surface area contributed by atoms with E-state index in [2.05, 4.69) is 15.7 Å². The Kier molecular flexibility index (Phi) is 4.51. The maximum Gasteiger partial charge on any atom is 0.368 e. The number of amides is 1. The van der Waals surface area contributed by atoms with Gasteiger partial charge in [0.25, 0.3) is 0 Å². The number of hydrogen-bond acceptors (Lipinski definition) is 4. The molecule has 0 bridgehead atoms. The number of carbonyl (C=O) groups excluding carboxylic acids is 1. The monoisotopic (exact) mass is 323 g/mol. The van der Waals surface area contributed by atoms with Gasteiger partial charge in [-0.15, -0.1) is 0 Å². The first-order valence-electron chi connectivity index (χ1n) is 7.57. The maximum atomic E-state index is 12.3. The summed E-state index contributed by atoms with van der Waals surface area (Å²) in [6.45, 7) is 1.71. The first-order valence-corrected chi connectivity index (χ1v) is 7.57. The van der Waals surface area contributed by atoms with Crippen molar-refractivity contribution >= 4 is 5.91 Å². The van der Waals surface area contributed by atoms with E-state index in [0.717, 1.165) is 14.9 Å². The van der Waals surface area contributed by atoms with Gasteiger partial charge in [0.1, 0.15) is 6.54 Å². The average Bonchev–Trinajstić information content (AvgIpc) is 2.97. The van der Waals surface area contributed by atoms with Crippen LogP contribution in [0.2, 0.25) is 0 Å². The largest absolute Gasteiger partial charge is 0.368 e. The lowest BCUT2D eigenvalue weighted by molar-refractivity contribution is -0.122. The van der Waals surface area contributed by atoms with Crippen LogP contribution in [0.4, 0.5) is 0 Å². The topological polar surface area (TPSA) is 81.8 Å². The van der Waals surface area contributed by atoms with Crippen LogP contribution >= 0.6 is 0 Å². The summed E-state index contributed by atoms with van der Waals surface area (Å²) in [6.07, 6.45) is 0. The highest BCUT2D eigenvalue weighted by atomic mass is 16.2. The number of para-hydroxylation sites is 1. The Balaban J connectivity index is 1.70. The molecule has 24 heavy (non-hydrogen) atoms. The summed E-state index contributed by atoms with van der Waals surface area (Å²) in [5.41, 5.74) is 1.14. The van der Waals surface area contributed by atoms with Crippen molar-refractivity contribution < 1.29 is 4.79 Å². The highest BCUT2D eigenvalue weighted by Gasteiger charge is 2.14. The second kappa shape index (κ2) is 6.91. The molecule has 0 saturated carbocycles. The van der Waals surface area contributed by atoms with Crippen LogP contribution in [0.3, 0.4) is 0 Å². The second-order valence-corrected chi connectivity index (χ2v) is 5.37. The molecule has 7 nitrogen and oxygen atoms in total. The van der Waals surface area contributed by atoms with Crippen LogP contribution in [-0.2, 0) is 11.3 Å². The summed E-state index contributed by atoms with van der Waals surface area (Å²) < 4.78 is 2.20. The molecule has 2 aromatic carbocycles. The first-order chi connectivity index (χ1) is 11.6. The third-order valence-electron chi connectivity index (χ3n) is 3.61. The van der Waals surface area contributed by atoms with Crippen molar-refractivity contribution in [3.63, 3.8) is 0 Å². The number of nitrogens with zero attached hydrogens (tertiary/aromatic N) is 4. The molecule has 122 valence electrons. The molecule has 0 radical (unpaired) electrons. The molecule has 1 heterocycles. The van der Waals surface area contributed by atoms with Gasteiger partial charge in [-0.1, -0.05) is 48.5 Å². The fourth-order valence-electron chi connectivity index (χ4n) is 2.35. The predicted octanol–water partition coefficient (Wildman–Crippen LogP) is 1.31. The average molecular weight is 323 g/mol. The highest BCUT2D eigenvalue weighted by molar-refractivity contribution is 5.76. The van der Waals surface area contributed by atoms with Crippen molar-refractivity contribution in [2.45, 2.75) is 19.5 Å². The summed E-state index contributed by atoms with van der Waals surface area (Å²) in [4.78, 5) is 24.4. The Morgan fingerprint density at radius 3 is 2.33 bits per heavy atom. The Labute approximate surface area is 138 Å². The molecule has 1 aromatic heterocycles. The molecule has 1 atom stereocenters. The Bertz CT molecular complexity index is 871. The van der Waals surface area contributed by atoms with Crippen LogP contribution < -0.4 is 11.0 Å². The predicted molar refractivity (Wildman–Crippen MR) is 88.6 cm³/mol. The lowest BCUT2D eigenvalue weighted by Gasteiger charge is -2.13. The van der Waals surface area contributed by atoms with Gasteiger partial charge < -0.3 is 5.32 Å². The molecule has 0 aliphatic rings. The minimum atomic E-state index is -0.455. The second-order valence-electron chi connectivity index (χ2n) is 5.37. The molecule has 1 unspecified atom stereocenters. The fourth-order valence-corrected chi connectivity index (χ4v) is 2.35. The van der Waals surface area contributed by atoms with Crippen molar-refractivity contribution in [1.82, 2.24) is 25.1 Å². The van der Waals surface area contributed by atoms with Crippen molar-refractivity contribution in [2.75, 3.05) is 0 Å². The zero-order valence-corrected chi connectivity index (χ0v) is 13.2. The summed E-state index contributed by atoms with van der Waals surface area (Å²) in [7, 11) is 0. The molecule has 0 aliphatic carbocycles. The van der Waals surface area contributed by atoms with Gasteiger partial charge in [-0.3, -0.25) is 4.79 Å². The van der Waals surface area contributed by atoms with E-state index >= 15 is 0 Å². The third kappa shape index (κ3) is 3.40. The molecule has 1 N–H and O–H groups in total. The van der Waals surface area contributed by atoms with E-state index in [0.29, 0.717) is 5.69 Å². The highest BCUT2D eigenvalue weighted by Crippen LogP contribution is 2.10. The van der Waals surface area contributed by atoms with Crippen molar-refractivity contribution in [3.05, 3.63) is 76.7 Å². The molecular formula is C17H17N5O2. The van der Waals surface area contributed by atoms with E-state index < -0.39 is 5.69 Å². The Morgan fingerprint density at radius 2 is 1.67 bits per heavy atom. The van der Waals surface area contributed by atoms with Gasteiger partial charge in [0.05, 0.1) is 11.7 Å². The molecule has 0 spiro atoms. The number of rotatable bonds is 5. The summed E-state index contributed by atoms with van der Waals surface area (Å²) in [5, 5.41) is 10.4. The fraction of sp³-hybridized carbons (Fsp3) is 0.176. The SMILES string of the molecule is CC(NC(=O)Cn1nnn(-c2ccccc2)c1=O)c1ccccc1. The summed E-state index contributed by atoms with van der Waals surface area (Å²) in [5.74, 6) is -0.298. The van der Waals surface area contributed by atoms with Gasteiger partial charge in [0.2, 0.25) is 5.91 Å². The molecule has 7 heteroatoms. The molecule has 0 fully saturated rings. The number of nitrogens with one attached hydrogen (secondary N) is 1. The summed E-state index contributed by atoms with van der Waals surface area (Å²) in [6, 6.07) is 18.4.